The predicted molar refractivity (Wildman–Crippen MR) is 88.8 cm³/mol. The van der Waals surface area contributed by atoms with Gasteiger partial charge in [0, 0.05) is 18.5 Å². The Bertz CT molecular complexity index is 580. The third-order valence-corrected chi connectivity index (χ3v) is 3.41. The number of anilines is 1. The molecule has 0 aliphatic heterocycles. The predicted octanol–water partition coefficient (Wildman–Crippen LogP) is 2.53. The Morgan fingerprint density at radius 3 is 2.30 bits per heavy atom. The summed E-state index contributed by atoms with van der Waals surface area (Å²) in [6.07, 6.45) is 1.69. The minimum atomic E-state index is -0.257. The van der Waals surface area contributed by atoms with E-state index < -0.39 is 0 Å². The SMILES string of the molecule is CCC(CC)NC(=O)COc1cc(C(C)=O)ccc1NC(C)=O. The maximum Gasteiger partial charge on any atom is 0.258 e. The standard InChI is InChI=1S/C17H24N2O4/c1-5-14(6-2)19-17(22)10-23-16-9-13(11(3)20)7-8-15(16)18-12(4)21/h7-9,14H,5-6,10H2,1-4H3,(H,18,21)(H,19,22). The summed E-state index contributed by atoms with van der Waals surface area (Å²) in [6.45, 7) is 6.64. The van der Waals surface area contributed by atoms with Gasteiger partial charge < -0.3 is 15.4 Å². The van der Waals surface area contributed by atoms with Gasteiger partial charge >= 0.3 is 0 Å². The van der Waals surface area contributed by atoms with Crippen molar-refractivity contribution in [1.82, 2.24) is 5.32 Å². The van der Waals surface area contributed by atoms with E-state index in [1.165, 1.54) is 19.9 Å². The van der Waals surface area contributed by atoms with Crippen LogP contribution in [0.25, 0.3) is 0 Å². The third-order valence-electron chi connectivity index (χ3n) is 3.41. The molecule has 126 valence electrons. The number of benzene rings is 1. The first-order chi connectivity index (χ1) is 10.9. The molecule has 2 N–H and O–H groups in total. The second-order valence-corrected chi connectivity index (χ2v) is 5.32. The first-order valence-electron chi connectivity index (χ1n) is 7.72. The van der Waals surface area contributed by atoms with E-state index in [9.17, 15) is 14.4 Å². The highest BCUT2D eigenvalue weighted by molar-refractivity contribution is 5.96. The molecular formula is C17H24N2O4. The van der Waals surface area contributed by atoms with Gasteiger partial charge in [0.2, 0.25) is 5.91 Å². The van der Waals surface area contributed by atoms with Crippen molar-refractivity contribution >= 4 is 23.3 Å². The Balaban J connectivity index is 2.83. The summed E-state index contributed by atoms with van der Waals surface area (Å²) in [6, 6.07) is 4.83. The lowest BCUT2D eigenvalue weighted by Gasteiger charge is -2.16. The summed E-state index contributed by atoms with van der Waals surface area (Å²) >= 11 is 0. The molecule has 0 aliphatic carbocycles. The number of hydrogen-bond acceptors (Lipinski definition) is 4. The number of ether oxygens (including phenoxy) is 1. The summed E-state index contributed by atoms with van der Waals surface area (Å²) in [5, 5.41) is 5.49. The van der Waals surface area contributed by atoms with Gasteiger partial charge in [0.1, 0.15) is 5.75 Å². The molecule has 0 spiro atoms. The molecule has 0 bridgehead atoms. The van der Waals surface area contributed by atoms with E-state index in [0.717, 1.165) is 12.8 Å². The maximum absolute atomic E-state index is 11.9. The first-order valence-corrected chi connectivity index (χ1v) is 7.72. The largest absolute Gasteiger partial charge is 0.482 e. The smallest absolute Gasteiger partial charge is 0.258 e. The fourth-order valence-corrected chi connectivity index (χ4v) is 2.06. The number of rotatable bonds is 8. The highest BCUT2D eigenvalue weighted by Crippen LogP contribution is 2.26. The molecule has 23 heavy (non-hydrogen) atoms. The van der Waals surface area contributed by atoms with Gasteiger partial charge in [0.25, 0.3) is 5.91 Å². The molecule has 6 heteroatoms. The zero-order valence-electron chi connectivity index (χ0n) is 14.1. The molecule has 0 unspecified atom stereocenters. The average molecular weight is 320 g/mol. The summed E-state index contributed by atoms with van der Waals surface area (Å²) in [7, 11) is 0. The lowest BCUT2D eigenvalue weighted by atomic mass is 10.1. The molecular weight excluding hydrogens is 296 g/mol. The number of amides is 2. The monoisotopic (exact) mass is 320 g/mol. The molecule has 0 radical (unpaired) electrons. The van der Waals surface area contributed by atoms with Crippen LogP contribution in [-0.4, -0.2) is 30.2 Å². The summed E-state index contributed by atoms with van der Waals surface area (Å²) in [5.74, 6) is -0.314. The molecule has 1 aromatic rings. The zero-order chi connectivity index (χ0) is 17.4. The molecule has 1 aromatic carbocycles. The molecule has 0 atom stereocenters. The molecule has 1 rings (SSSR count). The Morgan fingerprint density at radius 2 is 1.78 bits per heavy atom. The van der Waals surface area contributed by atoms with E-state index >= 15 is 0 Å². The van der Waals surface area contributed by atoms with Crippen LogP contribution in [-0.2, 0) is 9.59 Å². The topological polar surface area (TPSA) is 84.5 Å². The Hall–Kier alpha value is -2.37. The minimum Gasteiger partial charge on any atom is -0.482 e. The van der Waals surface area contributed by atoms with Gasteiger partial charge in [-0.05, 0) is 38.0 Å². The van der Waals surface area contributed by atoms with Crippen LogP contribution in [0.15, 0.2) is 18.2 Å². The first kappa shape index (κ1) is 18.7. The van der Waals surface area contributed by atoms with Crippen LogP contribution in [0.1, 0.15) is 50.9 Å². The second kappa shape index (κ2) is 8.92. The van der Waals surface area contributed by atoms with E-state index in [1.54, 1.807) is 12.1 Å². The third kappa shape index (κ3) is 6.10. The van der Waals surface area contributed by atoms with Gasteiger partial charge in [-0.1, -0.05) is 13.8 Å². The van der Waals surface area contributed by atoms with E-state index in [2.05, 4.69) is 10.6 Å². The Kier molecular flexibility index (Phi) is 7.25. The molecule has 0 aliphatic rings. The van der Waals surface area contributed by atoms with Gasteiger partial charge in [0.15, 0.2) is 12.4 Å². The summed E-state index contributed by atoms with van der Waals surface area (Å²) < 4.78 is 5.50. The highest BCUT2D eigenvalue weighted by Gasteiger charge is 2.13. The fraction of sp³-hybridized carbons (Fsp3) is 0.471. The lowest BCUT2D eigenvalue weighted by molar-refractivity contribution is -0.123. The van der Waals surface area contributed by atoms with E-state index in [1.807, 2.05) is 13.8 Å². The molecule has 2 amide bonds. The molecule has 0 saturated carbocycles. The number of carbonyl (C=O) groups is 3. The second-order valence-electron chi connectivity index (χ2n) is 5.32. The van der Waals surface area contributed by atoms with Crippen molar-refractivity contribution in [1.29, 1.82) is 0 Å². The van der Waals surface area contributed by atoms with Crippen LogP contribution < -0.4 is 15.4 Å². The number of hydrogen-bond donors (Lipinski definition) is 2. The van der Waals surface area contributed by atoms with Crippen molar-refractivity contribution in [3.8, 4) is 5.75 Å². The van der Waals surface area contributed by atoms with Crippen molar-refractivity contribution in [2.45, 2.75) is 46.6 Å². The number of Topliss-reactive ketones (excluding diaryl/α,β-unsaturated/α-hetero) is 1. The fourth-order valence-electron chi connectivity index (χ4n) is 2.06. The average Bonchev–Trinajstić information content (AvgIpc) is 2.50. The van der Waals surface area contributed by atoms with Crippen LogP contribution in [0.3, 0.4) is 0 Å². The molecule has 0 saturated heterocycles. The molecule has 0 fully saturated rings. The van der Waals surface area contributed by atoms with Crippen molar-refractivity contribution in [3.63, 3.8) is 0 Å². The lowest BCUT2D eigenvalue weighted by Crippen LogP contribution is -2.37. The van der Waals surface area contributed by atoms with Crippen LogP contribution in [0.2, 0.25) is 0 Å². The van der Waals surface area contributed by atoms with Gasteiger partial charge in [0.05, 0.1) is 5.69 Å². The molecule has 0 heterocycles. The van der Waals surface area contributed by atoms with Crippen molar-refractivity contribution in [2.75, 3.05) is 11.9 Å². The summed E-state index contributed by atoms with van der Waals surface area (Å²) in [5.41, 5.74) is 0.882. The van der Waals surface area contributed by atoms with Gasteiger partial charge in [-0.2, -0.15) is 0 Å². The quantitative estimate of drug-likeness (QED) is 0.721. The van der Waals surface area contributed by atoms with Crippen LogP contribution in [0.4, 0.5) is 5.69 Å². The van der Waals surface area contributed by atoms with Crippen LogP contribution in [0.5, 0.6) is 5.75 Å². The van der Waals surface area contributed by atoms with E-state index in [0.29, 0.717) is 17.0 Å². The Morgan fingerprint density at radius 1 is 1.13 bits per heavy atom. The number of carbonyl (C=O) groups excluding carboxylic acids is 3. The van der Waals surface area contributed by atoms with Crippen molar-refractivity contribution < 1.29 is 19.1 Å². The van der Waals surface area contributed by atoms with Crippen molar-refractivity contribution in [3.05, 3.63) is 23.8 Å². The van der Waals surface area contributed by atoms with E-state index in [-0.39, 0.29) is 30.2 Å². The number of ketones is 1. The van der Waals surface area contributed by atoms with Crippen LogP contribution in [0, 0.1) is 0 Å². The normalized spacial score (nSPS) is 10.3. The minimum absolute atomic E-state index is 0.115. The highest BCUT2D eigenvalue weighted by atomic mass is 16.5. The van der Waals surface area contributed by atoms with Crippen LogP contribution >= 0.6 is 0 Å². The van der Waals surface area contributed by atoms with Gasteiger partial charge in [-0.25, -0.2) is 0 Å². The maximum atomic E-state index is 11.9. The molecule has 6 nitrogen and oxygen atoms in total. The van der Waals surface area contributed by atoms with Gasteiger partial charge in [-0.3, -0.25) is 14.4 Å². The van der Waals surface area contributed by atoms with Crippen molar-refractivity contribution in [2.24, 2.45) is 0 Å². The molecule has 0 aromatic heterocycles. The number of nitrogens with one attached hydrogen (secondary N) is 2. The zero-order valence-corrected chi connectivity index (χ0v) is 14.1. The van der Waals surface area contributed by atoms with Gasteiger partial charge in [-0.15, -0.1) is 0 Å². The Labute approximate surface area is 136 Å². The van der Waals surface area contributed by atoms with E-state index in [4.69, 9.17) is 4.74 Å². The summed E-state index contributed by atoms with van der Waals surface area (Å²) in [4.78, 5) is 34.6.